The molecule has 0 bridgehead atoms. The van der Waals surface area contributed by atoms with Crippen LogP contribution in [0.15, 0.2) is 77.3 Å². The molecular formula is C25H21BrN2O4. The molecular weight excluding hydrogens is 472 g/mol. The number of rotatable bonds is 4. The average molecular weight is 493 g/mol. The van der Waals surface area contributed by atoms with Crippen LogP contribution in [0.4, 0.5) is 11.4 Å². The van der Waals surface area contributed by atoms with E-state index in [0.29, 0.717) is 11.4 Å². The van der Waals surface area contributed by atoms with Gasteiger partial charge in [-0.05, 0) is 64.3 Å². The van der Waals surface area contributed by atoms with Gasteiger partial charge in [-0.1, -0.05) is 42.5 Å². The van der Waals surface area contributed by atoms with Crippen molar-refractivity contribution in [1.82, 2.24) is 0 Å². The van der Waals surface area contributed by atoms with E-state index in [1.54, 1.807) is 18.2 Å². The second-order valence-corrected chi connectivity index (χ2v) is 8.70. The highest BCUT2D eigenvalue weighted by Crippen LogP contribution is 2.48. The molecule has 0 aromatic heterocycles. The Kier molecular flexibility index (Phi) is 5.23. The SMILES string of the molecule is COc1ccc([C@H]2[C@H]3C(=O)N(c4ccccc4C)C(=O)[C@@H]3ON2c2ccccc2)cc1Br. The van der Waals surface area contributed by atoms with Gasteiger partial charge in [-0.2, -0.15) is 0 Å². The lowest BCUT2D eigenvalue weighted by atomic mass is 9.90. The second kappa shape index (κ2) is 8.07. The van der Waals surface area contributed by atoms with E-state index < -0.39 is 18.1 Å². The van der Waals surface area contributed by atoms with Crippen LogP contribution in [0.2, 0.25) is 0 Å². The van der Waals surface area contributed by atoms with Gasteiger partial charge >= 0.3 is 0 Å². The van der Waals surface area contributed by atoms with Crippen molar-refractivity contribution in [2.45, 2.75) is 19.1 Å². The third-order valence-corrected chi connectivity index (χ3v) is 6.62. The summed E-state index contributed by atoms with van der Waals surface area (Å²) in [5, 5.41) is 1.69. The van der Waals surface area contributed by atoms with E-state index in [9.17, 15) is 9.59 Å². The minimum absolute atomic E-state index is 0.260. The topological polar surface area (TPSA) is 59.1 Å². The third kappa shape index (κ3) is 3.20. The van der Waals surface area contributed by atoms with E-state index >= 15 is 0 Å². The Morgan fingerprint density at radius 1 is 0.938 bits per heavy atom. The minimum Gasteiger partial charge on any atom is -0.496 e. The molecule has 0 unspecified atom stereocenters. The Morgan fingerprint density at radius 2 is 1.66 bits per heavy atom. The van der Waals surface area contributed by atoms with Crippen LogP contribution in [-0.4, -0.2) is 25.0 Å². The number of benzene rings is 3. The number of hydrogen-bond acceptors (Lipinski definition) is 5. The van der Waals surface area contributed by atoms with Gasteiger partial charge in [-0.3, -0.25) is 14.4 Å². The molecule has 3 aromatic rings. The molecule has 0 saturated carbocycles. The van der Waals surface area contributed by atoms with Crippen LogP contribution < -0.4 is 14.7 Å². The summed E-state index contributed by atoms with van der Waals surface area (Å²) in [6, 6.07) is 22.1. The molecule has 162 valence electrons. The standard InChI is InChI=1S/C25H21BrN2O4/c1-15-8-6-7-11-19(15)27-24(29)21-22(16-12-13-20(31-2)18(26)14-16)28(32-23(21)25(27)30)17-9-4-3-5-10-17/h3-14,21-23H,1-2H3/t21-,22+,23-/m1/s1. The van der Waals surface area contributed by atoms with Crippen molar-refractivity contribution in [2.24, 2.45) is 5.92 Å². The molecule has 3 aromatic carbocycles. The monoisotopic (exact) mass is 492 g/mol. The molecule has 0 N–H and O–H groups in total. The molecule has 2 saturated heterocycles. The first kappa shape index (κ1) is 20.7. The van der Waals surface area contributed by atoms with Crippen molar-refractivity contribution in [3.8, 4) is 5.75 Å². The van der Waals surface area contributed by atoms with E-state index in [2.05, 4.69) is 15.9 Å². The summed E-state index contributed by atoms with van der Waals surface area (Å²) in [5.41, 5.74) is 3.09. The molecule has 2 amide bonds. The molecule has 5 rings (SSSR count). The Bertz CT molecular complexity index is 1200. The van der Waals surface area contributed by atoms with E-state index in [1.165, 1.54) is 4.90 Å². The number of aryl methyl sites for hydroxylation is 1. The van der Waals surface area contributed by atoms with Gasteiger partial charge in [0.25, 0.3) is 5.91 Å². The minimum atomic E-state index is -0.895. The molecule has 6 nitrogen and oxygen atoms in total. The maximum atomic E-state index is 13.7. The predicted octanol–water partition coefficient (Wildman–Crippen LogP) is 4.82. The smallest absolute Gasteiger partial charge is 0.266 e. The molecule has 2 aliphatic heterocycles. The highest BCUT2D eigenvalue weighted by molar-refractivity contribution is 9.10. The molecule has 2 heterocycles. The number of anilines is 2. The Balaban J connectivity index is 1.61. The fraction of sp³-hybridized carbons (Fsp3) is 0.200. The van der Waals surface area contributed by atoms with Crippen molar-refractivity contribution in [2.75, 3.05) is 17.1 Å². The number of ether oxygens (including phenoxy) is 1. The highest BCUT2D eigenvalue weighted by atomic mass is 79.9. The van der Waals surface area contributed by atoms with Crippen LogP contribution in [-0.2, 0) is 14.4 Å². The quantitative estimate of drug-likeness (QED) is 0.488. The predicted molar refractivity (Wildman–Crippen MR) is 124 cm³/mol. The molecule has 7 heteroatoms. The largest absolute Gasteiger partial charge is 0.496 e. The Labute approximate surface area is 194 Å². The lowest BCUT2D eigenvalue weighted by Crippen LogP contribution is -2.37. The van der Waals surface area contributed by atoms with Gasteiger partial charge in [-0.15, -0.1) is 0 Å². The van der Waals surface area contributed by atoms with E-state index in [1.807, 2.05) is 73.7 Å². The lowest BCUT2D eigenvalue weighted by Gasteiger charge is -2.29. The Hall–Kier alpha value is -3.16. The fourth-order valence-electron chi connectivity index (χ4n) is 4.47. The number of amides is 2. The van der Waals surface area contributed by atoms with E-state index in [4.69, 9.17) is 9.57 Å². The molecule has 3 atom stereocenters. The Morgan fingerprint density at radius 3 is 2.34 bits per heavy atom. The number of para-hydroxylation sites is 2. The molecule has 2 aliphatic rings. The number of halogens is 1. The lowest BCUT2D eigenvalue weighted by molar-refractivity contribution is -0.126. The van der Waals surface area contributed by atoms with Crippen molar-refractivity contribution in [3.05, 3.63) is 88.4 Å². The summed E-state index contributed by atoms with van der Waals surface area (Å²) < 4.78 is 6.13. The highest BCUT2D eigenvalue weighted by Gasteiger charge is 2.60. The van der Waals surface area contributed by atoms with Crippen LogP contribution in [0.5, 0.6) is 5.75 Å². The summed E-state index contributed by atoms with van der Waals surface area (Å²) in [4.78, 5) is 34.5. The van der Waals surface area contributed by atoms with Gasteiger partial charge in [0, 0.05) is 0 Å². The van der Waals surface area contributed by atoms with Crippen LogP contribution in [0, 0.1) is 12.8 Å². The number of fused-ring (bicyclic) bond motifs is 1. The first-order valence-electron chi connectivity index (χ1n) is 10.3. The van der Waals surface area contributed by atoms with Crippen LogP contribution >= 0.6 is 15.9 Å². The number of carbonyl (C=O) groups is 2. The first-order chi connectivity index (χ1) is 15.5. The summed E-state index contributed by atoms with van der Waals surface area (Å²) >= 11 is 3.54. The number of methoxy groups -OCH3 is 1. The summed E-state index contributed by atoms with van der Waals surface area (Å²) in [5.74, 6) is -0.594. The van der Waals surface area contributed by atoms with Crippen molar-refractivity contribution in [3.63, 3.8) is 0 Å². The van der Waals surface area contributed by atoms with Crippen molar-refractivity contribution >= 4 is 39.1 Å². The third-order valence-electron chi connectivity index (χ3n) is 6.00. The van der Waals surface area contributed by atoms with Crippen molar-refractivity contribution in [1.29, 1.82) is 0 Å². The van der Waals surface area contributed by atoms with Crippen molar-refractivity contribution < 1.29 is 19.2 Å². The van der Waals surface area contributed by atoms with Gasteiger partial charge in [-0.25, -0.2) is 9.96 Å². The number of carbonyl (C=O) groups excluding carboxylic acids is 2. The maximum Gasteiger partial charge on any atom is 0.266 e. The number of hydrogen-bond donors (Lipinski definition) is 0. The molecule has 0 radical (unpaired) electrons. The van der Waals surface area contributed by atoms with Gasteiger partial charge in [0.05, 0.1) is 29.0 Å². The van der Waals surface area contributed by atoms with Crippen LogP contribution in [0.3, 0.4) is 0 Å². The zero-order valence-electron chi connectivity index (χ0n) is 17.6. The first-order valence-corrected chi connectivity index (χ1v) is 11.1. The van der Waals surface area contributed by atoms with Crippen LogP contribution in [0.1, 0.15) is 17.2 Å². The summed E-state index contributed by atoms with van der Waals surface area (Å²) in [6.45, 7) is 1.89. The fourth-order valence-corrected chi connectivity index (χ4v) is 5.03. The molecule has 32 heavy (non-hydrogen) atoms. The number of nitrogens with zero attached hydrogens (tertiary/aromatic N) is 2. The number of hydroxylamine groups is 1. The van der Waals surface area contributed by atoms with Gasteiger partial charge in [0.2, 0.25) is 5.91 Å². The van der Waals surface area contributed by atoms with E-state index in [-0.39, 0.29) is 11.8 Å². The van der Waals surface area contributed by atoms with Gasteiger partial charge in [0.15, 0.2) is 6.10 Å². The van der Waals surface area contributed by atoms with Gasteiger partial charge < -0.3 is 4.74 Å². The summed E-state index contributed by atoms with van der Waals surface area (Å²) in [7, 11) is 1.60. The zero-order chi connectivity index (χ0) is 22.4. The molecule has 0 aliphatic carbocycles. The maximum absolute atomic E-state index is 13.7. The van der Waals surface area contributed by atoms with Crippen LogP contribution in [0.25, 0.3) is 0 Å². The molecule has 0 spiro atoms. The average Bonchev–Trinajstić information content (AvgIpc) is 3.31. The normalized spacial score (nSPS) is 22.4. The summed E-state index contributed by atoms with van der Waals surface area (Å²) in [6.07, 6.45) is -0.895. The van der Waals surface area contributed by atoms with E-state index in [0.717, 1.165) is 21.3 Å². The van der Waals surface area contributed by atoms with Gasteiger partial charge in [0.1, 0.15) is 11.7 Å². The molecule has 2 fully saturated rings. The second-order valence-electron chi connectivity index (χ2n) is 7.85. The zero-order valence-corrected chi connectivity index (χ0v) is 19.2. The number of imide groups is 1.